The lowest BCUT2D eigenvalue weighted by molar-refractivity contribution is 0.111. The maximum absolute atomic E-state index is 12.9. The fourth-order valence-corrected chi connectivity index (χ4v) is 1.85. The van der Waals surface area contributed by atoms with Gasteiger partial charge in [-0.2, -0.15) is 5.10 Å². The molecule has 3 nitrogen and oxygen atoms in total. The highest BCUT2D eigenvalue weighted by Crippen LogP contribution is 2.31. The molecule has 1 saturated carbocycles. The molecule has 2 unspecified atom stereocenters. The minimum absolute atomic E-state index is 0.0743. The molecule has 70 valence electrons. The Hall–Kier alpha value is -1.19. The third-order valence-electron chi connectivity index (χ3n) is 2.51. The van der Waals surface area contributed by atoms with Crippen LogP contribution >= 0.6 is 0 Å². The molecule has 2 atom stereocenters. The van der Waals surface area contributed by atoms with Crippen LogP contribution in [0.25, 0.3) is 0 Å². The van der Waals surface area contributed by atoms with Crippen LogP contribution < -0.4 is 0 Å². The summed E-state index contributed by atoms with van der Waals surface area (Å²) in [6.07, 6.45) is 3.47. The molecule has 0 aromatic carbocycles. The first-order valence-electron chi connectivity index (χ1n) is 4.44. The number of halogens is 1. The Morgan fingerprint density at radius 2 is 2.46 bits per heavy atom. The number of aldehydes is 1. The monoisotopic (exact) mass is 182 g/mol. The summed E-state index contributed by atoms with van der Waals surface area (Å²) < 4.78 is 14.5. The number of hydrogen-bond donors (Lipinski definition) is 0. The summed E-state index contributed by atoms with van der Waals surface area (Å²) in [5.74, 6) is 0. The van der Waals surface area contributed by atoms with E-state index >= 15 is 0 Å². The molecular weight excluding hydrogens is 171 g/mol. The third kappa shape index (κ3) is 1.48. The molecule has 0 bridgehead atoms. The lowest BCUT2D eigenvalue weighted by atomic mass is 10.2. The highest BCUT2D eigenvalue weighted by atomic mass is 19.1. The molecule has 0 saturated heterocycles. The Bertz CT molecular complexity index is 310. The van der Waals surface area contributed by atoms with Crippen molar-refractivity contribution in [2.75, 3.05) is 0 Å². The molecule has 0 radical (unpaired) electrons. The summed E-state index contributed by atoms with van der Waals surface area (Å²) in [4.78, 5) is 10.6. The minimum Gasteiger partial charge on any atom is -0.296 e. The van der Waals surface area contributed by atoms with Gasteiger partial charge in [0.15, 0.2) is 6.29 Å². The highest BCUT2D eigenvalue weighted by Gasteiger charge is 2.27. The van der Waals surface area contributed by atoms with Crippen molar-refractivity contribution in [2.45, 2.75) is 31.5 Å². The van der Waals surface area contributed by atoms with E-state index in [1.165, 1.54) is 0 Å². The van der Waals surface area contributed by atoms with Crippen LogP contribution in [0.2, 0.25) is 0 Å². The lowest BCUT2D eigenvalue weighted by Gasteiger charge is -2.10. The number of carbonyl (C=O) groups excluding carboxylic acids is 1. The number of carbonyl (C=O) groups is 1. The molecule has 1 aliphatic rings. The highest BCUT2D eigenvalue weighted by molar-refractivity contribution is 5.71. The van der Waals surface area contributed by atoms with Crippen LogP contribution in [-0.2, 0) is 0 Å². The molecule has 2 rings (SSSR count). The number of alkyl halides is 1. The average molecular weight is 182 g/mol. The van der Waals surface area contributed by atoms with E-state index in [4.69, 9.17) is 0 Å². The van der Waals surface area contributed by atoms with Crippen molar-refractivity contribution < 1.29 is 9.18 Å². The number of rotatable bonds is 2. The first-order valence-corrected chi connectivity index (χ1v) is 4.44. The van der Waals surface area contributed by atoms with Crippen molar-refractivity contribution in [1.82, 2.24) is 9.78 Å². The predicted octanol–water partition coefficient (Wildman–Crippen LogP) is 1.76. The molecule has 0 N–H and O–H groups in total. The topological polar surface area (TPSA) is 34.9 Å². The van der Waals surface area contributed by atoms with Gasteiger partial charge in [-0.1, -0.05) is 0 Å². The molecule has 0 spiro atoms. The third-order valence-corrected chi connectivity index (χ3v) is 2.51. The first kappa shape index (κ1) is 8.41. The van der Waals surface area contributed by atoms with Crippen LogP contribution in [0.3, 0.4) is 0 Å². The van der Waals surface area contributed by atoms with Gasteiger partial charge in [-0.15, -0.1) is 0 Å². The SMILES string of the molecule is O=Cc1ccnn1C1CCC(F)C1. The van der Waals surface area contributed by atoms with Gasteiger partial charge in [0.1, 0.15) is 11.9 Å². The van der Waals surface area contributed by atoms with Crippen LogP contribution in [-0.4, -0.2) is 22.2 Å². The Morgan fingerprint density at radius 3 is 3.08 bits per heavy atom. The number of aromatic nitrogens is 2. The maximum atomic E-state index is 12.9. The van der Waals surface area contributed by atoms with Crippen LogP contribution in [0.5, 0.6) is 0 Å². The van der Waals surface area contributed by atoms with Gasteiger partial charge in [-0.25, -0.2) is 4.39 Å². The summed E-state index contributed by atoms with van der Waals surface area (Å²) in [5, 5.41) is 4.02. The minimum atomic E-state index is -0.728. The van der Waals surface area contributed by atoms with E-state index in [9.17, 15) is 9.18 Å². The molecule has 1 aromatic heterocycles. The summed E-state index contributed by atoms with van der Waals surface area (Å²) >= 11 is 0. The Morgan fingerprint density at radius 1 is 1.62 bits per heavy atom. The average Bonchev–Trinajstić information content (AvgIpc) is 2.71. The van der Waals surface area contributed by atoms with Crippen molar-refractivity contribution in [2.24, 2.45) is 0 Å². The van der Waals surface area contributed by atoms with E-state index in [-0.39, 0.29) is 6.04 Å². The smallest absolute Gasteiger partial charge is 0.168 e. The van der Waals surface area contributed by atoms with Gasteiger partial charge in [0, 0.05) is 12.6 Å². The second kappa shape index (κ2) is 3.28. The fourth-order valence-electron chi connectivity index (χ4n) is 1.85. The van der Waals surface area contributed by atoms with Crippen LogP contribution in [0.4, 0.5) is 4.39 Å². The molecule has 4 heteroatoms. The second-order valence-electron chi connectivity index (χ2n) is 3.38. The van der Waals surface area contributed by atoms with Gasteiger partial charge in [0.2, 0.25) is 0 Å². The second-order valence-corrected chi connectivity index (χ2v) is 3.38. The molecular formula is C9H11FN2O. The van der Waals surface area contributed by atoms with Gasteiger partial charge < -0.3 is 0 Å². The van der Waals surface area contributed by atoms with Gasteiger partial charge in [-0.05, 0) is 18.9 Å². The zero-order valence-electron chi connectivity index (χ0n) is 7.19. The summed E-state index contributed by atoms with van der Waals surface area (Å²) in [7, 11) is 0. The Balaban J connectivity index is 2.20. The van der Waals surface area contributed by atoms with Crippen molar-refractivity contribution in [3.05, 3.63) is 18.0 Å². The first-order chi connectivity index (χ1) is 6.31. The zero-order valence-corrected chi connectivity index (χ0v) is 7.19. The number of hydrogen-bond acceptors (Lipinski definition) is 2. The maximum Gasteiger partial charge on any atom is 0.168 e. The quantitative estimate of drug-likeness (QED) is 0.653. The molecule has 0 aliphatic heterocycles. The lowest BCUT2D eigenvalue weighted by Crippen LogP contribution is -2.10. The largest absolute Gasteiger partial charge is 0.296 e. The molecule has 1 fully saturated rings. The van der Waals surface area contributed by atoms with Crippen molar-refractivity contribution in [3.8, 4) is 0 Å². The van der Waals surface area contributed by atoms with Crippen LogP contribution in [0, 0.1) is 0 Å². The van der Waals surface area contributed by atoms with Gasteiger partial charge >= 0.3 is 0 Å². The van der Waals surface area contributed by atoms with Crippen LogP contribution in [0.1, 0.15) is 35.8 Å². The standard InChI is InChI=1S/C9H11FN2O/c10-7-1-2-8(5-7)12-9(6-13)3-4-11-12/h3-4,6-8H,1-2,5H2. The normalized spacial score (nSPS) is 27.8. The van der Waals surface area contributed by atoms with E-state index in [1.807, 2.05) is 0 Å². The predicted molar refractivity (Wildman–Crippen MR) is 45.4 cm³/mol. The van der Waals surface area contributed by atoms with Gasteiger partial charge in [0.25, 0.3) is 0 Å². The van der Waals surface area contributed by atoms with E-state index in [1.54, 1.807) is 16.9 Å². The van der Waals surface area contributed by atoms with E-state index in [2.05, 4.69) is 5.10 Å². The van der Waals surface area contributed by atoms with Crippen molar-refractivity contribution in [1.29, 1.82) is 0 Å². The molecule has 1 aromatic rings. The summed E-state index contributed by atoms with van der Waals surface area (Å²) in [6, 6.07) is 1.73. The van der Waals surface area contributed by atoms with Crippen LogP contribution in [0.15, 0.2) is 12.3 Å². The zero-order chi connectivity index (χ0) is 9.26. The van der Waals surface area contributed by atoms with E-state index < -0.39 is 6.17 Å². The fraction of sp³-hybridized carbons (Fsp3) is 0.556. The van der Waals surface area contributed by atoms with E-state index in [0.717, 1.165) is 12.7 Å². The summed E-state index contributed by atoms with van der Waals surface area (Å²) in [6.45, 7) is 0. The van der Waals surface area contributed by atoms with Crippen molar-refractivity contribution in [3.63, 3.8) is 0 Å². The van der Waals surface area contributed by atoms with Crippen molar-refractivity contribution >= 4 is 6.29 Å². The Kier molecular flexibility index (Phi) is 2.12. The van der Waals surface area contributed by atoms with Gasteiger partial charge in [0.05, 0.1) is 6.04 Å². The number of nitrogens with zero attached hydrogens (tertiary/aromatic N) is 2. The molecule has 13 heavy (non-hydrogen) atoms. The van der Waals surface area contributed by atoms with Gasteiger partial charge in [-0.3, -0.25) is 9.48 Å². The molecule has 1 heterocycles. The Labute approximate surface area is 75.5 Å². The molecule has 0 amide bonds. The summed E-state index contributed by atoms with van der Waals surface area (Å²) in [5.41, 5.74) is 0.541. The molecule has 1 aliphatic carbocycles. The van der Waals surface area contributed by atoms with E-state index in [0.29, 0.717) is 18.5 Å².